The van der Waals surface area contributed by atoms with E-state index in [2.05, 4.69) is 54.0 Å². The molecule has 13 unspecified atom stereocenters. The predicted octanol–water partition coefficient (Wildman–Crippen LogP) is -2.28. The summed E-state index contributed by atoms with van der Waals surface area (Å²) in [5.74, 6) is -0.162. The van der Waals surface area contributed by atoms with Crippen molar-refractivity contribution >= 4 is 94.5 Å². The van der Waals surface area contributed by atoms with E-state index in [9.17, 15) is 125 Å². The minimum Gasteiger partial charge on any atom is -0.394 e. The van der Waals surface area contributed by atoms with Crippen molar-refractivity contribution < 1.29 is 187 Å². The third kappa shape index (κ3) is 46.2. The predicted molar refractivity (Wildman–Crippen MR) is 509 cm³/mol. The molecule has 6 rings (SSSR count). The second-order valence-electron chi connectivity index (χ2n) is 35.1. The molecule has 47 heteroatoms. The monoisotopic (exact) mass is 2070 g/mol. The van der Waals surface area contributed by atoms with E-state index in [1.807, 2.05) is 13.8 Å². The standard InChI is InChI=1S/C29H53N3O7S2.C27H48O15S.C22H41NO14.C11H20ClNO2.C2H4/c1-4-6-13-30-28(38)20-41-21-29(39)32-15-10-8-12-24(22(3)34)16-26(36)23(5-2)11-7-9-14-31-27(37)19-40-18-25(35)17-33;1-12-17(31)19(33)15(10-28)39-25(12)41-23-20(34)16(11-29)40-27(37-8-4-3-6-14(30)7-5-9-43)24(23)42-26-22(36)21(35)18(32)13(2)38-26;1-8-12(26)14(28)10(6-24)34-20(8)36-18-15(29)11(7-25)35-22(32-5-3-4-23)19(18)37-21-17(31)16(30)13(27)9(2)33-21;1-3-10(9(2)14)6-4-5-7-13-11(15)8-12;1-2/h23-25,33,35H,4-21H2,1-3H3,(H,30,38)(H,31,37)(H,32,39);12-13,15-29,31-36,43H,3-11H2,1-2H3;8-22,24-31H,3-7,23H2,1-2H3;10H,3-8H2,1-2H3,(H,13,15);1-2H2/t23-,24+,25?;12?,13?,15?,16?,17-,18-,19+,20+,21+,22?,23+,24?,25-,26+,27-;8?,9?,10?,11?,12-,13-,14+,15+,16+,17?,18+,19?,20-,21+,22-;10-;/m0110./s1. The molecule has 43 nitrogen and oxygen atoms in total. The first-order valence-electron chi connectivity index (χ1n) is 48.1. The van der Waals surface area contributed by atoms with E-state index in [0.29, 0.717) is 95.6 Å². The van der Waals surface area contributed by atoms with Gasteiger partial charge in [0.05, 0.1) is 87.4 Å². The van der Waals surface area contributed by atoms with Gasteiger partial charge in [-0.15, -0.1) is 48.3 Å². The molecule has 0 aromatic carbocycles. The number of thiol groups is 1. The van der Waals surface area contributed by atoms with Crippen molar-refractivity contribution in [1.29, 1.82) is 0 Å². The third-order valence-corrected chi connectivity index (χ3v) is 26.8. The summed E-state index contributed by atoms with van der Waals surface area (Å²) < 4.78 is 69.6. The molecular formula is C91H166ClN5O38S3. The largest absolute Gasteiger partial charge is 0.394 e. The molecule has 0 bridgehead atoms. The number of hydrogen-bond donors (Lipinski definition) is 24. The number of halogens is 1. The van der Waals surface area contributed by atoms with Crippen LogP contribution in [0.1, 0.15) is 191 Å². The molecule has 808 valence electrons. The Morgan fingerprint density at radius 1 is 0.420 bits per heavy atom. The zero-order chi connectivity index (χ0) is 104. The number of rotatable bonds is 60. The summed E-state index contributed by atoms with van der Waals surface area (Å²) in [4.78, 5) is 94.4. The number of carbonyl (C=O) groups excluding carboxylic acids is 8. The first-order valence-corrected chi connectivity index (χ1v) is 51.5. The van der Waals surface area contributed by atoms with Gasteiger partial charge in [-0.25, -0.2) is 0 Å². The number of nitrogens with two attached hydrogens (primary N) is 1. The van der Waals surface area contributed by atoms with Gasteiger partial charge in [0, 0.05) is 87.4 Å². The van der Waals surface area contributed by atoms with Crippen LogP contribution in [0.5, 0.6) is 0 Å². The molecule has 0 aliphatic carbocycles. The molecule has 24 N–H and O–H groups in total. The first kappa shape index (κ1) is 130. The maximum absolute atomic E-state index is 12.9. The highest BCUT2D eigenvalue weighted by Gasteiger charge is 2.57. The number of aliphatic hydroxyl groups is 18. The van der Waals surface area contributed by atoms with Crippen molar-refractivity contribution in [2.75, 3.05) is 114 Å². The number of ether oxygens (including phenoxy) is 12. The first-order chi connectivity index (χ1) is 65.7. The number of aliphatic hydroxyl groups excluding tert-OH is 18. The zero-order valence-corrected chi connectivity index (χ0v) is 84.6. The fraction of sp³-hybridized carbons (Fsp3) is 0.890. The minimum absolute atomic E-state index is 0.0120. The van der Waals surface area contributed by atoms with Gasteiger partial charge in [0.15, 0.2) is 37.7 Å². The van der Waals surface area contributed by atoms with E-state index in [1.165, 1.54) is 58.1 Å². The molecule has 138 heavy (non-hydrogen) atoms. The van der Waals surface area contributed by atoms with Gasteiger partial charge >= 0.3 is 0 Å². The Labute approximate surface area is 829 Å². The van der Waals surface area contributed by atoms with Crippen LogP contribution in [0.15, 0.2) is 13.2 Å². The van der Waals surface area contributed by atoms with Crippen molar-refractivity contribution in [3.8, 4) is 0 Å². The number of Topliss-reactive ketones (excluding diaryl/α,β-unsaturated/α-hetero) is 4. The lowest BCUT2D eigenvalue weighted by molar-refractivity contribution is -0.387. The molecule has 0 aromatic heterocycles. The zero-order valence-electron chi connectivity index (χ0n) is 81.3. The van der Waals surface area contributed by atoms with Gasteiger partial charge in [-0.3, -0.25) is 38.4 Å². The Morgan fingerprint density at radius 2 is 0.790 bits per heavy atom. The number of ketones is 4. The summed E-state index contributed by atoms with van der Waals surface area (Å²) in [5, 5.41) is 194. The summed E-state index contributed by atoms with van der Waals surface area (Å²) in [6.07, 6.45) is -25.4. The van der Waals surface area contributed by atoms with Crippen LogP contribution in [0.4, 0.5) is 0 Å². The Balaban J connectivity index is 0.000000646. The number of unbranched alkanes of at least 4 members (excludes halogenated alkanes) is 5. The SMILES string of the molecule is C=C.CC1O[C@@H](OC2[C@H](OCCCCC(=O)CCCS)OC(CO)[C@H](O)[C@@H]2O[C@H]2OC(CO)[C@H](O)[C@H](O)C2C)C(O)[C@@H](O)[C@@H]1O.CC1O[C@@H](OC2[C@H](OCCCN)OC(CO)[C@H](O)[C@@H]2O[C@H]2OC(CO)[C@H](O)[C@H](O)C2C)C(O)[C@@H](O)[C@@H]1O.CCCCNC(=O)CSCC(=O)NCCCC[C@H](CC(=O)[C@@H](CC)CCCCNC(=O)CSCC(O)CO)C(C)=O.CC[C@@H](CCCCNC(=O)CCl)C(C)=O. The quantitative estimate of drug-likeness (QED) is 0.0132. The van der Waals surface area contributed by atoms with Gasteiger partial charge in [0.25, 0.3) is 0 Å². The maximum Gasteiger partial charge on any atom is 0.234 e. The molecule has 4 amide bonds. The van der Waals surface area contributed by atoms with E-state index >= 15 is 0 Å². The third-order valence-electron chi connectivity index (χ3n) is 24.3. The van der Waals surface area contributed by atoms with Crippen LogP contribution in [0.2, 0.25) is 0 Å². The molecule has 6 aliphatic heterocycles. The molecule has 6 saturated heterocycles. The Bertz CT molecular complexity index is 3320. The fourth-order valence-corrected chi connectivity index (χ4v) is 17.2. The van der Waals surface area contributed by atoms with Crippen LogP contribution < -0.4 is 27.0 Å². The number of carbonyl (C=O) groups is 8. The summed E-state index contributed by atoms with van der Waals surface area (Å²) in [5.41, 5.74) is 5.54. The summed E-state index contributed by atoms with van der Waals surface area (Å²) >= 11 is 12.0. The molecule has 0 spiro atoms. The van der Waals surface area contributed by atoms with Crippen molar-refractivity contribution in [2.24, 2.45) is 35.3 Å². The second-order valence-corrected chi connectivity index (χ2v) is 37.8. The van der Waals surface area contributed by atoms with Crippen molar-refractivity contribution in [2.45, 2.75) is 369 Å². The normalized spacial score (nSPS) is 32.2. The summed E-state index contributed by atoms with van der Waals surface area (Å²) in [6.45, 7) is 21.2. The average Bonchev–Trinajstić information content (AvgIpc) is 0.774. The highest BCUT2D eigenvalue weighted by atomic mass is 35.5. The Hall–Kier alpha value is -3.60. The molecule has 6 fully saturated rings. The lowest BCUT2D eigenvalue weighted by Crippen LogP contribution is -2.66. The molecule has 6 aliphatic rings. The van der Waals surface area contributed by atoms with E-state index in [0.717, 1.165) is 70.6 Å². The molecule has 0 aromatic rings. The van der Waals surface area contributed by atoms with Crippen LogP contribution in [-0.4, -0.2) is 430 Å². The highest BCUT2D eigenvalue weighted by Crippen LogP contribution is 2.39. The maximum atomic E-state index is 12.9. The van der Waals surface area contributed by atoms with Crippen LogP contribution in [-0.2, 0) is 95.2 Å². The Kier molecular flexibility index (Phi) is 69.5. The topological polar surface area (TPSA) is 686 Å². The summed E-state index contributed by atoms with van der Waals surface area (Å²) in [6, 6.07) is 0. The average molecular weight is 2070 g/mol. The number of hydrogen-bond acceptors (Lipinski definition) is 42. The van der Waals surface area contributed by atoms with Crippen molar-refractivity contribution in [3.05, 3.63) is 13.2 Å². The van der Waals surface area contributed by atoms with Crippen LogP contribution in [0.25, 0.3) is 0 Å². The van der Waals surface area contributed by atoms with Gasteiger partial charge in [-0.05, 0) is 123 Å². The van der Waals surface area contributed by atoms with E-state index < -0.39 is 216 Å². The van der Waals surface area contributed by atoms with Gasteiger partial charge in [-0.1, -0.05) is 60.3 Å². The fourth-order valence-electron chi connectivity index (χ4n) is 15.4. The second kappa shape index (κ2) is 73.5. The number of nitrogens with one attached hydrogen (secondary N) is 4. The summed E-state index contributed by atoms with van der Waals surface area (Å²) in [7, 11) is 0. The molecule has 0 radical (unpaired) electrons. The highest BCUT2D eigenvalue weighted by molar-refractivity contribution is 8.00. The van der Waals surface area contributed by atoms with Gasteiger partial charge in [-0.2, -0.15) is 12.6 Å². The van der Waals surface area contributed by atoms with Crippen molar-refractivity contribution in [1.82, 2.24) is 21.3 Å². The molecule has 6 heterocycles. The van der Waals surface area contributed by atoms with Gasteiger partial charge < -0.3 is 176 Å². The molecular weight excluding hydrogens is 1900 g/mol. The van der Waals surface area contributed by atoms with Crippen LogP contribution in [0, 0.1) is 29.6 Å². The smallest absolute Gasteiger partial charge is 0.234 e. The van der Waals surface area contributed by atoms with E-state index in [1.54, 1.807) is 6.92 Å². The molecule has 34 atom stereocenters. The number of thioether (sulfide) groups is 2. The lowest BCUT2D eigenvalue weighted by atomic mass is 9.85. The lowest BCUT2D eigenvalue weighted by Gasteiger charge is -2.49. The van der Waals surface area contributed by atoms with Crippen LogP contribution in [0.3, 0.4) is 0 Å². The minimum atomic E-state index is -1.72. The number of amides is 4. The Morgan fingerprint density at radius 3 is 1.17 bits per heavy atom. The van der Waals surface area contributed by atoms with Gasteiger partial charge in [0.1, 0.15) is 139 Å². The van der Waals surface area contributed by atoms with E-state index in [-0.39, 0.29) is 114 Å². The van der Waals surface area contributed by atoms with Crippen molar-refractivity contribution in [3.63, 3.8) is 0 Å². The number of alkyl halides is 1. The van der Waals surface area contributed by atoms with Crippen LogP contribution >= 0.6 is 47.8 Å². The molecule has 0 saturated carbocycles. The van der Waals surface area contributed by atoms with E-state index in [4.69, 9.17) is 79.3 Å². The van der Waals surface area contributed by atoms with Gasteiger partial charge in [0.2, 0.25) is 23.6 Å².